The first-order valence-corrected chi connectivity index (χ1v) is 6.79. The first kappa shape index (κ1) is 13.1. The number of hydrogen-bond donors (Lipinski definition) is 1. The molecule has 1 N–H and O–H groups in total. The number of fused-ring (bicyclic) bond motifs is 1. The summed E-state index contributed by atoms with van der Waals surface area (Å²) in [5.74, 6) is 0.876. The maximum atomic E-state index is 13.9. The summed E-state index contributed by atoms with van der Waals surface area (Å²) in [5.41, 5.74) is 1.40. The Hall–Kier alpha value is -1.92. The van der Waals surface area contributed by atoms with Crippen molar-refractivity contribution in [2.75, 3.05) is 31.1 Å². The largest absolute Gasteiger partial charge is 0.465 e. The molecule has 1 amide bonds. The second-order valence-electron chi connectivity index (χ2n) is 5.36. The lowest BCUT2D eigenvalue weighted by molar-refractivity contribution is 0.142. The third-order valence-corrected chi connectivity index (χ3v) is 4.09. The Morgan fingerprint density at radius 3 is 2.70 bits per heavy atom. The van der Waals surface area contributed by atoms with Gasteiger partial charge in [-0.25, -0.2) is 19.2 Å². The van der Waals surface area contributed by atoms with Gasteiger partial charge < -0.3 is 14.9 Å². The van der Waals surface area contributed by atoms with Crippen LogP contribution in [0.4, 0.5) is 15.0 Å². The number of aromatic nitrogens is 2. The van der Waals surface area contributed by atoms with Gasteiger partial charge in [-0.1, -0.05) is 6.92 Å². The van der Waals surface area contributed by atoms with E-state index < -0.39 is 12.3 Å². The van der Waals surface area contributed by atoms with Gasteiger partial charge in [-0.05, 0) is 12.3 Å². The van der Waals surface area contributed by atoms with Gasteiger partial charge in [0.1, 0.15) is 18.3 Å². The van der Waals surface area contributed by atoms with Crippen LogP contribution in [0.3, 0.4) is 0 Å². The molecule has 20 heavy (non-hydrogen) atoms. The van der Waals surface area contributed by atoms with Crippen LogP contribution in [0, 0.1) is 0 Å². The highest BCUT2D eigenvalue weighted by molar-refractivity contribution is 5.65. The van der Waals surface area contributed by atoms with Gasteiger partial charge in [0.25, 0.3) is 0 Å². The fraction of sp³-hybridized carbons (Fsp3) is 0.615. The molecule has 1 aromatic heterocycles. The van der Waals surface area contributed by atoms with Gasteiger partial charge in [-0.15, -0.1) is 0 Å². The van der Waals surface area contributed by atoms with Gasteiger partial charge in [-0.3, -0.25) is 0 Å². The zero-order valence-corrected chi connectivity index (χ0v) is 11.3. The topological polar surface area (TPSA) is 69.6 Å². The molecule has 0 spiro atoms. The van der Waals surface area contributed by atoms with Crippen molar-refractivity contribution in [1.29, 1.82) is 0 Å². The molecule has 1 aliphatic heterocycles. The highest BCUT2D eigenvalue weighted by atomic mass is 19.1. The summed E-state index contributed by atoms with van der Waals surface area (Å²) in [6.07, 6.45) is -0.0461. The first-order valence-electron chi connectivity index (χ1n) is 6.79. The molecule has 0 radical (unpaired) electrons. The van der Waals surface area contributed by atoms with Crippen LogP contribution in [0.1, 0.15) is 36.7 Å². The molecule has 1 fully saturated rings. The monoisotopic (exact) mass is 280 g/mol. The Balaban J connectivity index is 1.84. The minimum absolute atomic E-state index is 0.105. The summed E-state index contributed by atoms with van der Waals surface area (Å²) in [6, 6.07) is 0. The maximum absolute atomic E-state index is 13.9. The van der Waals surface area contributed by atoms with E-state index >= 15 is 0 Å². The van der Waals surface area contributed by atoms with Crippen molar-refractivity contribution in [2.24, 2.45) is 0 Å². The average molecular weight is 280 g/mol. The summed E-state index contributed by atoms with van der Waals surface area (Å²) in [5, 5.41) is 8.96. The molecule has 7 heteroatoms. The molecule has 3 rings (SSSR count). The summed E-state index contributed by atoms with van der Waals surface area (Å²) in [7, 11) is 0. The first-order chi connectivity index (χ1) is 9.58. The van der Waals surface area contributed by atoms with Crippen molar-refractivity contribution in [3.8, 4) is 0 Å². The van der Waals surface area contributed by atoms with E-state index in [0.717, 1.165) is 11.4 Å². The quantitative estimate of drug-likeness (QED) is 0.849. The van der Waals surface area contributed by atoms with E-state index in [1.807, 2.05) is 11.8 Å². The fourth-order valence-electron chi connectivity index (χ4n) is 3.02. The van der Waals surface area contributed by atoms with Crippen molar-refractivity contribution in [3.05, 3.63) is 17.6 Å². The van der Waals surface area contributed by atoms with E-state index in [0.29, 0.717) is 38.3 Å². The van der Waals surface area contributed by atoms with Crippen LogP contribution in [0.5, 0.6) is 0 Å². The standard InChI is InChI=1S/C13H17FN4O2/c1-8-6-9(14)11-10(8)12(16-7-15-11)17-2-4-18(5-3-17)13(19)20/h7-9H,2-6H2,1H3,(H,19,20)/t8-,9+/m1/s1. The van der Waals surface area contributed by atoms with E-state index in [1.54, 1.807) is 0 Å². The molecule has 6 nitrogen and oxygen atoms in total. The number of halogens is 1. The lowest BCUT2D eigenvalue weighted by Gasteiger charge is -2.35. The zero-order chi connectivity index (χ0) is 14.3. The number of nitrogens with zero attached hydrogens (tertiary/aromatic N) is 4. The van der Waals surface area contributed by atoms with Crippen LogP contribution >= 0.6 is 0 Å². The molecular formula is C13H17FN4O2. The minimum Gasteiger partial charge on any atom is -0.465 e. The lowest BCUT2D eigenvalue weighted by atomic mass is 10.1. The highest BCUT2D eigenvalue weighted by Crippen LogP contribution is 2.44. The molecule has 0 aromatic carbocycles. The molecular weight excluding hydrogens is 263 g/mol. The normalized spacial score (nSPS) is 25.7. The summed E-state index contributed by atoms with van der Waals surface area (Å²) >= 11 is 0. The van der Waals surface area contributed by atoms with Crippen LogP contribution in [0.2, 0.25) is 0 Å². The van der Waals surface area contributed by atoms with Gasteiger partial charge in [0, 0.05) is 31.7 Å². The minimum atomic E-state index is -1.01. The highest BCUT2D eigenvalue weighted by Gasteiger charge is 2.34. The molecule has 0 saturated carbocycles. The van der Waals surface area contributed by atoms with Crippen molar-refractivity contribution >= 4 is 11.9 Å². The Labute approximate surface area is 116 Å². The summed E-state index contributed by atoms with van der Waals surface area (Å²) < 4.78 is 13.9. The molecule has 2 atom stereocenters. The molecule has 0 unspecified atom stereocenters. The Morgan fingerprint density at radius 1 is 1.35 bits per heavy atom. The second kappa shape index (κ2) is 4.88. The number of amides is 1. The zero-order valence-electron chi connectivity index (χ0n) is 11.3. The van der Waals surface area contributed by atoms with Gasteiger partial charge >= 0.3 is 6.09 Å². The van der Waals surface area contributed by atoms with Crippen molar-refractivity contribution < 1.29 is 14.3 Å². The SMILES string of the molecule is C[C@@H]1C[C@H](F)c2ncnc(N3CCN(C(=O)O)CC3)c21. The molecule has 1 aliphatic carbocycles. The number of piperazine rings is 1. The Bertz CT molecular complexity index is 531. The van der Waals surface area contributed by atoms with Gasteiger partial charge in [0.2, 0.25) is 0 Å². The third kappa shape index (κ3) is 2.07. The molecule has 2 aliphatic rings. The summed E-state index contributed by atoms with van der Waals surface area (Å²) in [4.78, 5) is 22.7. The number of alkyl halides is 1. The number of hydrogen-bond acceptors (Lipinski definition) is 4. The summed E-state index contributed by atoms with van der Waals surface area (Å²) in [6.45, 7) is 4.04. The maximum Gasteiger partial charge on any atom is 0.407 e. The van der Waals surface area contributed by atoms with E-state index in [4.69, 9.17) is 5.11 Å². The predicted octanol–water partition coefficient (Wildman–Crippen LogP) is 1.79. The van der Waals surface area contributed by atoms with Crippen molar-refractivity contribution in [3.63, 3.8) is 0 Å². The van der Waals surface area contributed by atoms with Crippen LogP contribution in [0.25, 0.3) is 0 Å². The average Bonchev–Trinajstić information content (AvgIpc) is 2.74. The number of anilines is 1. The lowest BCUT2D eigenvalue weighted by Crippen LogP contribution is -2.48. The van der Waals surface area contributed by atoms with E-state index in [9.17, 15) is 9.18 Å². The molecule has 1 aromatic rings. The van der Waals surface area contributed by atoms with E-state index in [1.165, 1.54) is 11.2 Å². The molecule has 0 bridgehead atoms. The van der Waals surface area contributed by atoms with Crippen LogP contribution in [0.15, 0.2) is 6.33 Å². The van der Waals surface area contributed by atoms with Crippen LogP contribution in [-0.4, -0.2) is 52.2 Å². The molecule has 108 valence electrons. The second-order valence-corrected chi connectivity index (χ2v) is 5.36. The van der Waals surface area contributed by atoms with Crippen LogP contribution < -0.4 is 4.90 Å². The van der Waals surface area contributed by atoms with Crippen molar-refractivity contribution in [2.45, 2.75) is 25.4 Å². The smallest absolute Gasteiger partial charge is 0.407 e. The molecule has 2 heterocycles. The van der Waals surface area contributed by atoms with Gasteiger partial charge in [0.05, 0.1) is 5.69 Å². The van der Waals surface area contributed by atoms with E-state index in [2.05, 4.69) is 9.97 Å². The third-order valence-electron chi connectivity index (χ3n) is 4.09. The Morgan fingerprint density at radius 2 is 2.05 bits per heavy atom. The van der Waals surface area contributed by atoms with Gasteiger partial charge in [0.15, 0.2) is 0 Å². The number of carbonyl (C=O) groups is 1. The molecule has 1 saturated heterocycles. The number of carboxylic acid groups (broad SMARTS) is 1. The predicted molar refractivity (Wildman–Crippen MR) is 70.7 cm³/mol. The van der Waals surface area contributed by atoms with Crippen LogP contribution in [-0.2, 0) is 0 Å². The van der Waals surface area contributed by atoms with E-state index in [-0.39, 0.29) is 5.92 Å². The Kier molecular flexibility index (Phi) is 3.19. The van der Waals surface area contributed by atoms with Gasteiger partial charge in [-0.2, -0.15) is 0 Å². The fourth-order valence-corrected chi connectivity index (χ4v) is 3.02. The van der Waals surface area contributed by atoms with Crippen molar-refractivity contribution in [1.82, 2.24) is 14.9 Å². The number of rotatable bonds is 1.